The Kier molecular flexibility index (Phi) is 3.24. The second-order valence-electron chi connectivity index (χ2n) is 2.17. The van der Waals surface area contributed by atoms with E-state index in [1.165, 1.54) is 19.2 Å². The van der Waals surface area contributed by atoms with E-state index in [9.17, 15) is 5.21 Å². The zero-order valence-corrected chi connectivity index (χ0v) is 8.19. The minimum Gasteiger partial charge on any atom is -0.498 e. The molecule has 0 aliphatic rings. The van der Waals surface area contributed by atoms with Gasteiger partial charge in [-0.1, -0.05) is 23.2 Å². The molecule has 5 heteroatoms. The summed E-state index contributed by atoms with van der Waals surface area (Å²) in [6, 6.07) is 5.20. The van der Waals surface area contributed by atoms with Gasteiger partial charge in [-0.05, 0) is 0 Å². The van der Waals surface area contributed by atoms with E-state index in [4.69, 9.17) is 27.9 Å². The molecule has 0 radical (unpaired) electrons. The highest BCUT2D eigenvalue weighted by Gasteiger charge is 2.10. The summed E-state index contributed by atoms with van der Waals surface area (Å²) in [5.41, 5.74) is 0.277. The van der Waals surface area contributed by atoms with Gasteiger partial charge in [-0.2, -0.15) is 0 Å². The summed E-state index contributed by atoms with van der Waals surface area (Å²) in [5.74, 6) is 0.520. The summed E-state index contributed by atoms with van der Waals surface area (Å²) in [6.07, 6.45) is 0. The molecule has 1 rings (SSSR count). The molecule has 1 aromatic rings. The standard InChI is InChI=1S/C8H5Cl2NO2/c1-13-5-2-7(9)6(4-11-12)8(10)3-5/h2-3H,1H3. The molecule has 1 aromatic carbocycles. The molecule has 0 saturated heterocycles. The summed E-state index contributed by atoms with van der Waals surface area (Å²) in [7, 11) is 1.49. The first-order valence-corrected chi connectivity index (χ1v) is 4.06. The van der Waals surface area contributed by atoms with E-state index in [1.807, 2.05) is 0 Å². The molecule has 68 valence electrons. The summed E-state index contributed by atoms with van der Waals surface area (Å²) < 4.78 is 4.90. The predicted octanol–water partition coefficient (Wildman–Crippen LogP) is 3.18. The van der Waals surface area contributed by atoms with Gasteiger partial charge in [0.25, 0.3) is 0 Å². The molecule has 0 bridgehead atoms. The van der Waals surface area contributed by atoms with E-state index in [0.717, 1.165) is 0 Å². The fourth-order valence-electron chi connectivity index (χ4n) is 0.820. The number of halogens is 2. The number of ether oxygens (including phenoxy) is 1. The molecular weight excluding hydrogens is 213 g/mol. The minimum atomic E-state index is 0.277. The van der Waals surface area contributed by atoms with Crippen LogP contribution in [0.3, 0.4) is 0 Å². The maximum atomic E-state index is 9.92. The maximum Gasteiger partial charge on any atom is 0.339 e. The zero-order chi connectivity index (χ0) is 9.84. The average molecular weight is 218 g/mol. The molecule has 0 heterocycles. The molecule has 0 saturated carbocycles. The lowest BCUT2D eigenvalue weighted by Gasteiger charge is -2.01. The van der Waals surface area contributed by atoms with Crippen LogP contribution in [0.1, 0.15) is 5.56 Å². The Labute approximate surface area is 85.2 Å². The fraction of sp³-hybridized carbons (Fsp3) is 0.125. The highest BCUT2D eigenvalue weighted by Crippen LogP contribution is 2.29. The second-order valence-corrected chi connectivity index (χ2v) is 2.98. The van der Waals surface area contributed by atoms with Crippen molar-refractivity contribution in [2.24, 2.45) is 0 Å². The third-order valence-corrected chi connectivity index (χ3v) is 2.00. The van der Waals surface area contributed by atoms with Crippen molar-refractivity contribution in [1.29, 1.82) is 0 Å². The molecule has 0 N–H and O–H groups in total. The van der Waals surface area contributed by atoms with Crippen LogP contribution >= 0.6 is 23.2 Å². The smallest absolute Gasteiger partial charge is 0.339 e. The zero-order valence-electron chi connectivity index (χ0n) is 6.67. The number of nitrogens with zero attached hydrogens (tertiary/aromatic N) is 1. The van der Waals surface area contributed by atoms with Crippen LogP contribution in [0.15, 0.2) is 12.1 Å². The van der Waals surface area contributed by atoms with Crippen molar-refractivity contribution in [3.05, 3.63) is 38.0 Å². The van der Waals surface area contributed by atoms with Crippen LogP contribution in [0.25, 0.3) is 5.01 Å². The van der Waals surface area contributed by atoms with E-state index in [2.05, 4.69) is 11.1 Å². The van der Waals surface area contributed by atoms with Crippen LogP contribution in [0, 0.1) is 11.3 Å². The normalized spacial score (nSPS) is 8.85. The van der Waals surface area contributed by atoms with Gasteiger partial charge < -0.3 is 9.94 Å². The lowest BCUT2D eigenvalue weighted by molar-refractivity contribution is 0.415. The number of rotatable bonds is 1. The van der Waals surface area contributed by atoms with Crippen LogP contribution in [0.5, 0.6) is 5.75 Å². The molecule has 0 aliphatic carbocycles. The molecule has 0 aliphatic heterocycles. The highest BCUT2D eigenvalue weighted by atomic mass is 35.5. The molecule has 0 spiro atoms. The van der Waals surface area contributed by atoms with Crippen LogP contribution in [0.2, 0.25) is 10.0 Å². The minimum absolute atomic E-state index is 0.277. The SMILES string of the molecule is COc1cc(Cl)c(C#[N+][O-])c(Cl)c1. The van der Waals surface area contributed by atoms with E-state index in [0.29, 0.717) is 5.75 Å². The monoisotopic (exact) mass is 217 g/mol. The predicted molar refractivity (Wildman–Crippen MR) is 52.7 cm³/mol. The van der Waals surface area contributed by atoms with Crippen LogP contribution < -0.4 is 4.74 Å². The van der Waals surface area contributed by atoms with Gasteiger partial charge in [-0.25, -0.2) is 0 Å². The van der Waals surface area contributed by atoms with Gasteiger partial charge in [-0.3, -0.25) is 0 Å². The maximum absolute atomic E-state index is 9.92. The number of methoxy groups -OCH3 is 1. The molecule has 0 unspecified atom stereocenters. The van der Waals surface area contributed by atoms with Gasteiger partial charge in [0.05, 0.1) is 17.2 Å². The Balaban J connectivity index is 3.28. The lowest BCUT2D eigenvalue weighted by atomic mass is 10.2. The van der Waals surface area contributed by atoms with Gasteiger partial charge in [0.1, 0.15) is 11.3 Å². The van der Waals surface area contributed by atoms with E-state index < -0.39 is 0 Å². The third kappa shape index (κ3) is 2.18. The van der Waals surface area contributed by atoms with Crippen molar-refractivity contribution >= 4 is 23.2 Å². The number of hydrogen-bond acceptors (Lipinski definition) is 2. The average Bonchev–Trinajstić information content (AvgIpc) is 2.11. The molecule has 3 nitrogen and oxygen atoms in total. The van der Waals surface area contributed by atoms with Crippen molar-refractivity contribution in [3.8, 4) is 11.8 Å². The third-order valence-electron chi connectivity index (χ3n) is 1.41. The quantitative estimate of drug-likeness (QED) is 0.678. The Morgan fingerprint density at radius 3 is 2.31 bits per heavy atom. The first-order valence-electron chi connectivity index (χ1n) is 3.30. The van der Waals surface area contributed by atoms with E-state index in [1.54, 1.807) is 0 Å². The van der Waals surface area contributed by atoms with Gasteiger partial charge in [0.15, 0.2) is 0 Å². The number of benzene rings is 1. The molecule has 0 atom stereocenters. The molecule has 0 fully saturated rings. The molecule has 0 aromatic heterocycles. The van der Waals surface area contributed by atoms with Crippen LogP contribution in [-0.4, -0.2) is 7.11 Å². The Hall–Kier alpha value is -1.11. The largest absolute Gasteiger partial charge is 0.498 e. The summed E-state index contributed by atoms with van der Waals surface area (Å²) >= 11 is 11.5. The first kappa shape index (κ1) is 9.97. The van der Waals surface area contributed by atoms with Crippen LogP contribution in [0.4, 0.5) is 0 Å². The highest BCUT2D eigenvalue weighted by molar-refractivity contribution is 6.36. The summed E-state index contributed by atoms with van der Waals surface area (Å²) in [5, 5.41) is 13.0. The number of hydrogen-bond donors (Lipinski definition) is 0. The molecule has 13 heavy (non-hydrogen) atoms. The van der Waals surface area contributed by atoms with Gasteiger partial charge in [0, 0.05) is 17.1 Å². The summed E-state index contributed by atoms with van der Waals surface area (Å²) in [6.45, 7) is 0. The van der Waals surface area contributed by atoms with Gasteiger partial charge in [0.2, 0.25) is 0 Å². The lowest BCUT2D eigenvalue weighted by Crippen LogP contribution is -1.85. The van der Waals surface area contributed by atoms with E-state index >= 15 is 0 Å². The topological polar surface area (TPSA) is 36.6 Å². The van der Waals surface area contributed by atoms with E-state index in [-0.39, 0.29) is 15.6 Å². The Morgan fingerprint density at radius 2 is 1.92 bits per heavy atom. The van der Waals surface area contributed by atoms with Crippen molar-refractivity contribution in [2.45, 2.75) is 0 Å². The second kappa shape index (κ2) is 4.22. The Bertz CT molecular complexity index is 358. The van der Waals surface area contributed by atoms with Crippen molar-refractivity contribution in [3.63, 3.8) is 0 Å². The van der Waals surface area contributed by atoms with Crippen molar-refractivity contribution in [2.75, 3.05) is 7.11 Å². The van der Waals surface area contributed by atoms with Crippen LogP contribution in [-0.2, 0) is 0 Å². The van der Waals surface area contributed by atoms with Gasteiger partial charge >= 0.3 is 6.07 Å². The van der Waals surface area contributed by atoms with Crippen molar-refractivity contribution < 1.29 is 4.74 Å². The first-order chi connectivity index (χ1) is 6.19. The fourth-order valence-corrected chi connectivity index (χ4v) is 1.37. The van der Waals surface area contributed by atoms with Gasteiger partial charge in [-0.15, -0.1) is 0 Å². The Morgan fingerprint density at radius 1 is 1.38 bits per heavy atom. The summed E-state index contributed by atoms with van der Waals surface area (Å²) in [4.78, 5) is 0. The molecular formula is C8H5Cl2NO2. The van der Waals surface area contributed by atoms with Crippen molar-refractivity contribution in [1.82, 2.24) is 0 Å². The molecule has 0 amide bonds.